The molecular weight excluding hydrogens is 274 g/mol. The first kappa shape index (κ1) is 18.7. The monoisotopic (exact) mass is 309 g/mol. The summed E-state index contributed by atoms with van der Waals surface area (Å²) in [4.78, 5) is 3.09. The molecule has 1 aromatic heterocycles. The van der Waals surface area contributed by atoms with Gasteiger partial charge in [0.05, 0.1) is 0 Å². The van der Waals surface area contributed by atoms with Crippen molar-refractivity contribution >= 4 is 11.3 Å². The fourth-order valence-corrected chi connectivity index (χ4v) is 3.88. The Morgan fingerprint density at radius 2 is 1.71 bits per heavy atom. The molecule has 0 bridgehead atoms. The Balaban J connectivity index is 2.82. The second kappa shape index (κ2) is 8.33. The van der Waals surface area contributed by atoms with Gasteiger partial charge in [-0.25, -0.2) is 0 Å². The van der Waals surface area contributed by atoms with E-state index >= 15 is 0 Å². The third kappa shape index (κ3) is 6.52. The molecule has 0 aliphatic rings. The number of nitrogens with one attached hydrogen (secondary N) is 1. The van der Waals surface area contributed by atoms with Gasteiger partial charge in [-0.05, 0) is 64.0 Å². The second-order valence-electron chi connectivity index (χ2n) is 7.46. The Labute approximate surface area is 136 Å². The molecule has 1 unspecified atom stereocenters. The Hall–Kier alpha value is -0.340. The van der Waals surface area contributed by atoms with E-state index in [0.717, 1.165) is 6.54 Å². The Morgan fingerprint density at radius 3 is 2.19 bits per heavy atom. The third-order valence-corrected chi connectivity index (χ3v) is 5.65. The van der Waals surface area contributed by atoms with Crippen molar-refractivity contribution in [2.45, 2.75) is 85.6 Å². The van der Waals surface area contributed by atoms with Gasteiger partial charge in [0, 0.05) is 21.8 Å². The lowest BCUT2D eigenvalue weighted by Crippen LogP contribution is -2.44. The minimum absolute atomic E-state index is 0.205. The molecular formula is C19H35NS. The van der Waals surface area contributed by atoms with Gasteiger partial charge in [-0.15, -0.1) is 11.3 Å². The molecule has 0 aliphatic heterocycles. The van der Waals surface area contributed by atoms with Crippen LogP contribution in [0.15, 0.2) is 12.1 Å². The fourth-order valence-electron chi connectivity index (χ4n) is 2.75. The molecule has 0 fully saturated rings. The molecule has 0 amide bonds. The van der Waals surface area contributed by atoms with Gasteiger partial charge in [-0.2, -0.15) is 0 Å². The molecule has 1 N–H and O–H groups in total. The molecule has 0 radical (unpaired) electrons. The average molecular weight is 310 g/mol. The van der Waals surface area contributed by atoms with Crippen molar-refractivity contribution in [1.82, 2.24) is 5.32 Å². The summed E-state index contributed by atoms with van der Waals surface area (Å²) in [5, 5.41) is 3.77. The minimum atomic E-state index is 0.205. The van der Waals surface area contributed by atoms with Gasteiger partial charge in [-0.3, -0.25) is 0 Å². The zero-order chi connectivity index (χ0) is 15.9. The number of thiophene rings is 1. The summed E-state index contributed by atoms with van der Waals surface area (Å²) in [6.45, 7) is 14.9. The number of unbranched alkanes of at least 4 members (excludes halogenated alkanes) is 1. The Bertz CT molecular complexity index is 402. The predicted octanol–water partition coefficient (Wildman–Crippen LogP) is 5.83. The molecule has 1 aromatic rings. The predicted molar refractivity (Wildman–Crippen MR) is 97.4 cm³/mol. The second-order valence-corrected chi connectivity index (χ2v) is 8.71. The van der Waals surface area contributed by atoms with Gasteiger partial charge < -0.3 is 5.32 Å². The first-order valence-corrected chi connectivity index (χ1v) is 9.48. The topological polar surface area (TPSA) is 12.0 Å². The van der Waals surface area contributed by atoms with Gasteiger partial charge in [-0.1, -0.05) is 33.6 Å². The fraction of sp³-hybridized carbons (Fsp3) is 0.789. The van der Waals surface area contributed by atoms with E-state index < -0.39 is 0 Å². The third-order valence-electron chi connectivity index (χ3n) is 4.42. The van der Waals surface area contributed by atoms with Crippen LogP contribution in [0.2, 0.25) is 0 Å². The minimum Gasteiger partial charge on any atom is -0.312 e. The van der Waals surface area contributed by atoms with Gasteiger partial charge >= 0.3 is 0 Å². The first-order chi connectivity index (χ1) is 9.84. The molecule has 122 valence electrons. The Morgan fingerprint density at radius 1 is 1.05 bits per heavy atom. The van der Waals surface area contributed by atoms with E-state index in [0.29, 0.717) is 5.41 Å². The van der Waals surface area contributed by atoms with E-state index in [1.54, 1.807) is 4.88 Å². The van der Waals surface area contributed by atoms with E-state index in [1.807, 2.05) is 11.3 Å². The average Bonchev–Trinajstić information content (AvgIpc) is 2.88. The maximum Gasteiger partial charge on any atom is 0.00967 e. The molecule has 1 atom stereocenters. The van der Waals surface area contributed by atoms with E-state index in [-0.39, 0.29) is 5.54 Å². The highest BCUT2D eigenvalue weighted by molar-refractivity contribution is 7.11. The SMILES string of the molecule is CCCCC(CC)(CNC(C)(C)C)Cc1ccc(CC)s1. The van der Waals surface area contributed by atoms with Crippen molar-refractivity contribution in [3.8, 4) is 0 Å². The summed E-state index contributed by atoms with van der Waals surface area (Å²) in [6.07, 6.45) is 7.63. The van der Waals surface area contributed by atoms with Crippen LogP contribution in [-0.2, 0) is 12.8 Å². The summed E-state index contributed by atoms with van der Waals surface area (Å²) in [5.74, 6) is 0. The summed E-state index contributed by atoms with van der Waals surface area (Å²) in [6, 6.07) is 4.67. The van der Waals surface area contributed by atoms with Crippen LogP contribution in [0.1, 0.15) is 77.0 Å². The highest BCUT2D eigenvalue weighted by atomic mass is 32.1. The lowest BCUT2D eigenvalue weighted by atomic mass is 9.76. The molecule has 1 nitrogen and oxygen atoms in total. The number of aryl methyl sites for hydroxylation is 1. The van der Waals surface area contributed by atoms with Crippen LogP contribution in [0.5, 0.6) is 0 Å². The van der Waals surface area contributed by atoms with Crippen molar-refractivity contribution in [2.75, 3.05) is 6.54 Å². The molecule has 21 heavy (non-hydrogen) atoms. The molecule has 0 aromatic carbocycles. The lowest BCUT2D eigenvalue weighted by molar-refractivity contribution is 0.207. The Kier molecular flexibility index (Phi) is 7.42. The van der Waals surface area contributed by atoms with Crippen LogP contribution >= 0.6 is 11.3 Å². The van der Waals surface area contributed by atoms with Crippen molar-refractivity contribution in [3.63, 3.8) is 0 Å². The highest BCUT2D eigenvalue weighted by Gasteiger charge is 2.29. The summed E-state index contributed by atoms with van der Waals surface area (Å²) in [7, 11) is 0. The van der Waals surface area contributed by atoms with Crippen LogP contribution in [-0.4, -0.2) is 12.1 Å². The van der Waals surface area contributed by atoms with Crippen LogP contribution in [0.3, 0.4) is 0 Å². The molecule has 0 aliphatic carbocycles. The van der Waals surface area contributed by atoms with E-state index in [2.05, 4.69) is 59.0 Å². The van der Waals surface area contributed by atoms with Gasteiger partial charge in [0.1, 0.15) is 0 Å². The largest absolute Gasteiger partial charge is 0.312 e. The highest BCUT2D eigenvalue weighted by Crippen LogP contribution is 2.35. The van der Waals surface area contributed by atoms with Crippen LogP contribution in [0.4, 0.5) is 0 Å². The van der Waals surface area contributed by atoms with E-state index in [9.17, 15) is 0 Å². The normalized spacial score (nSPS) is 15.1. The first-order valence-electron chi connectivity index (χ1n) is 8.67. The summed E-state index contributed by atoms with van der Waals surface area (Å²) >= 11 is 2.01. The maximum absolute atomic E-state index is 3.77. The quantitative estimate of drug-likeness (QED) is 0.605. The zero-order valence-electron chi connectivity index (χ0n) is 15.0. The lowest BCUT2D eigenvalue weighted by Gasteiger charge is -2.36. The molecule has 1 rings (SSSR count). The van der Waals surface area contributed by atoms with Crippen LogP contribution in [0, 0.1) is 5.41 Å². The van der Waals surface area contributed by atoms with E-state index in [1.165, 1.54) is 43.4 Å². The number of hydrogen-bond acceptors (Lipinski definition) is 2. The van der Waals surface area contributed by atoms with Crippen molar-refractivity contribution in [3.05, 3.63) is 21.9 Å². The number of rotatable bonds is 9. The summed E-state index contributed by atoms with van der Waals surface area (Å²) < 4.78 is 0. The maximum atomic E-state index is 3.77. The molecule has 0 spiro atoms. The van der Waals surface area contributed by atoms with Gasteiger partial charge in [0.15, 0.2) is 0 Å². The molecule has 1 heterocycles. The zero-order valence-corrected chi connectivity index (χ0v) is 15.8. The summed E-state index contributed by atoms with van der Waals surface area (Å²) in [5.41, 5.74) is 0.621. The van der Waals surface area contributed by atoms with Crippen molar-refractivity contribution < 1.29 is 0 Å². The standard InChI is InChI=1S/C19H35NS/c1-7-10-13-19(9-3,15-20-18(4,5)6)14-17-12-11-16(8-2)21-17/h11-12,20H,7-10,13-15H2,1-6H3. The van der Waals surface area contributed by atoms with E-state index in [4.69, 9.17) is 0 Å². The van der Waals surface area contributed by atoms with Gasteiger partial charge in [0.2, 0.25) is 0 Å². The van der Waals surface area contributed by atoms with Crippen molar-refractivity contribution in [2.24, 2.45) is 5.41 Å². The molecule has 2 heteroatoms. The van der Waals surface area contributed by atoms with Crippen LogP contribution < -0.4 is 5.32 Å². The molecule has 0 saturated heterocycles. The smallest absolute Gasteiger partial charge is 0.00967 e. The van der Waals surface area contributed by atoms with Crippen LogP contribution in [0.25, 0.3) is 0 Å². The number of hydrogen-bond donors (Lipinski definition) is 1. The van der Waals surface area contributed by atoms with Crippen molar-refractivity contribution in [1.29, 1.82) is 0 Å². The van der Waals surface area contributed by atoms with Gasteiger partial charge in [0.25, 0.3) is 0 Å². The molecule has 0 saturated carbocycles.